The maximum atomic E-state index is 14.0. The average Bonchev–Trinajstić information content (AvgIpc) is 2.93. The van der Waals surface area contributed by atoms with E-state index in [1.165, 1.54) is 17.4 Å². The lowest BCUT2D eigenvalue weighted by molar-refractivity contribution is 0.324. The molecule has 118 valence electrons. The van der Waals surface area contributed by atoms with E-state index in [9.17, 15) is 4.39 Å². The summed E-state index contributed by atoms with van der Waals surface area (Å²) in [5.74, 6) is -0.305. The molecule has 1 aromatic carbocycles. The van der Waals surface area contributed by atoms with Gasteiger partial charge in [0.25, 0.3) is 0 Å². The molecule has 6 heteroatoms. The Labute approximate surface area is 134 Å². The quantitative estimate of drug-likeness (QED) is 0.436. The van der Waals surface area contributed by atoms with E-state index in [0.717, 1.165) is 29.6 Å². The smallest absolute Gasteiger partial charge is 0.148 e. The molecule has 1 heterocycles. The van der Waals surface area contributed by atoms with Crippen LogP contribution in [-0.2, 0) is 0 Å². The maximum Gasteiger partial charge on any atom is 0.148 e. The molecule has 2 N–H and O–H groups in total. The number of benzene rings is 1. The van der Waals surface area contributed by atoms with Crippen LogP contribution in [0.3, 0.4) is 0 Å². The first-order valence-corrected chi connectivity index (χ1v) is 8.11. The number of nitrogens with zero attached hydrogens (tertiary/aromatic N) is 2. The Kier molecular flexibility index (Phi) is 5.91. The second-order valence-corrected chi connectivity index (χ2v) is 5.88. The number of nitrogens with one attached hydrogen (secondary N) is 2. The van der Waals surface area contributed by atoms with Crippen molar-refractivity contribution in [2.45, 2.75) is 19.8 Å². The highest BCUT2D eigenvalue weighted by Gasteiger charge is 2.06. The fourth-order valence-corrected chi connectivity index (χ4v) is 2.56. The minimum Gasteiger partial charge on any atom is -0.354 e. The first-order valence-electron chi connectivity index (χ1n) is 7.23. The molecule has 0 fully saturated rings. The molecule has 0 aliphatic rings. The highest BCUT2D eigenvalue weighted by atomic mass is 32.1. The van der Waals surface area contributed by atoms with Gasteiger partial charge < -0.3 is 10.3 Å². The Bertz CT molecular complexity index is 665. The third kappa shape index (κ3) is 4.54. The standard InChI is InChI=1S/C16H21FN4S/c1-4-5-7-19-21(3)8-6-12(2)20-14-10-15-16(9-13(14)17)22-11-18-15/h6,8-11,19-20H,2,4-5,7H2,1,3H3/b8-6-. The van der Waals surface area contributed by atoms with E-state index in [2.05, 4.69) is 29.2 Å². The molecule has 0 bridgehead atoms. The Balaban J connectivity index is 1.94. The van der Waals surface area contributed by atoms with Crippen LogP contribution in [-0.4, -0.2) is 23.6 Å². The number of hydrazine groups is 1. The summed E-state index contributed by atoms with van der Waals surface area (Å²) >= 11 is 1.42. The maximum absolute atomic E-state index is 14.0. The third-order valence-corrected chi connectivity index (χ3v) is 3.90. The Morgan fingerprint density at radius 2 is 2.32 bits per heavy atom. The van der Waals surface area contributed by atoms with E-state index in [1.807, 2.05) is 18.3 Å². The van der Waals surface area contributed by atoms with Gasteiger partial charge in [0.05, 0.1) is 21.4 Å². The monoisotopic (exact) mass is 320 g/mol. The van der Waals surface area contributed by atoms with E-state index in [0.29, 0.717) is 11.4 Å². The summed E-state index contributed by atoms with van der Waals surface area (Å²) in [6.45, 7) is 6.96. The normalized spacial score (nSPS) is 11.2. The van der Waals surface area contributed by atoms with Crippen molar-refractivity contribution in [3.63, 3.8) is 0 Å². The van der Waals surface area contributed by atoms with Crippen LogP contribution in [0.2, 0.25) is 0 Å². The van der Waals surface area contributed by atoms with Crippen molar-refractivity contribution >= 4 is 27.2 Å². The van der Waals surface area contributed by atoms with Crippen LogP contribution in [0.1, 0.15) is 19.8 Å². The van der Waals surface area contributed by atoms with Crippen molar-refractivity contribution in [3.8, 4) is 0 Å². The zero-order valence-electron chi connectivity index (χ0n) is 12.9. The van der Waals surface area contributed by atoms with Gasteiger partial charge in [-0.05, 0) is 24.6 Å². The summed E-state index contributed by atoms with van der Waals surface area (Å²) in [5.41, 5.74) is 6.71. The minimum atomic E-state index is -0.305. The fourth-order valence-electron chi connectivity index (χ4n) is 1.88. The van der Waals surface area contributed by atoms with Gasteiger partial charge in [-0.2, -0.15) is 0 Å². The molecular formula is C16H21FN4S. The van der Waals surface area contributed by atoms with Crippen LogP contribution in [0.4, 0.5) is 10.1 Å². The number of fused-ring (bicyclic) bond motifs is 1. The topological polar surface area (TPSA) is 40.2 Å². The number of aromatic nitrogens is 1. The largest absolute Gasteiger partial charge is 0.354 e. The molecule has 2 rings (SSSR count). The molecule has 22 heavy (non-hydrogen) atoms. The third-order valence-electron chi connectivity index (χ3n) is 3.11. The minimum absolute atomic E-state index is 0.305. The summed E-state index contributed by atoms with van der Waals surface area (Å²) in [5, 5.41) is 4.83. The SMILES string of the molecule is C=C(/C=C\N(C)NCCCC)Nc1cc2ncsc2cc1F. The number of hydrogen-bond donors (Lipinski definition) is 2. The summed E-state index contributed by atoms with van der Waals surface area (Å²) in [6.07, 6.45) is 5.92. The molecule has 0 unspecified atom stereocenters. The Morgan fingerprint density at radius 3 is 3.09 bits per heavy atom. The lowest BCUT2D eigenvalue weighted by atomic mass is 10.2. The highest BCUT2D eigenvalue weighted by Crippen LogP contribution is 2.25. The first-order chi connectivity index (χ1) is 10.6. The summed E-state index contributed by atoms with van der Waals surface area (Å²) in [6, 6.07) is 3.19. The second kappa shape index (κ2) is 7.91. The van der Waals surface area contributed by atoms with Crippen LogP contribution < -0.4 is 10.7 Å². The molecule has 2 aromatic rings. The fraction of sp³-hybridized carbons (Fsp3) is 0.312. The van der Waals surface area contributed by atoms with Crippen molar-refractivity contribution < 1.29 is 4.39 Å². The van der Waals surface area contributed by atoms with Crippen molar-refractivity contribution in [2.75, 3.05) is 18.9 Å². The predicted molar refractivity (Wildman–Crippen MR) is 92.2 cm³/mol. The zero-order valence-corrected chi connectivity index (χ0v) is 13.7. The predicted octanol–water partition coefficient (Wildman–Crippen LogP) is 4.11. The molecular weight excluding hydrogens is 299 g/mol. The van der Waals surface area contributed by atoms with Crippen molar-refractivity contribution in [1.82, 2.24) is 15.4 Å². The van der Waals surface area contributed by atoms with Crippen LogP contribution in [0.5, 0.6) is 0 Å². The van der Waals surface area contributed by atoms with Gasteiger partial charge in [0.2, 0.25) is 0 Å². The van der Waals surface area contributed by atoms with Crippen LogP contribution in [0, 0.1) is 5.82 Å². The van der Waals surface area contributed by atoms with Crippen LogP contribution >= 0.6 is 11.3 Å². The number of hydrogen-bond acceptors (Lipinski definition) is 5. The van der Waals surface area contributed by atoms with Gasteiger partial charge in [-0.3, -0.25) is 0 Å². The van der Waals surface area contributed by atoms with Crippen LogP contribution in [0.15, 0.2) is 42.2 Å². The number of allylic oxidation sites excluding steroid dienone is 1. The molecule has 0 saturated carbocycles. The van der Waals surface area contributed by atoms with Gasteiger partial charge in [0, 0.05) is 25.5 Å². The van der Waals surface area contributed by atoms with Gasteiger partial charge in [0.1, 0.15) is 5.82 Å². The number of halogens is 1. The van der Waals surface area contributed by atoms with Gasteiger partial charge in [-0.1, -0.05) is 19.9 Å². The molecule has 0 spiro atoms. The van der Waals surface area contributed by atoms with E-state index in [1.54, 1.807) is 17.7 Å². The molecule has 0 saturated heterocycles. The highest BCUT2D eigenvalue weighted by molar-refractivity contribution is 7.16. The van der Waals surface area contributed by atoms with E-state index < -0.39 is 0 Å². The van der Waals surface area contributed by atoms with Crippen LogP contribution in [0.25, 0.3) is 10.2 Å². The number of rotatable bonds is 8. The van der Waals surface area contributed by atoms with Gasteiger partial charge in [0.15, 0.2) is 0 Å². The Hall–Kier alpha value is -1.92. The van der Waals surface area contributed by atoms with E-state index >= 15 is 0 Å². The lowest BCUT2D eigenvalue weighted by Crippen LogP contribution is -2.30. The second-order valence-electron chi connectivity index (χ2n) is 4.99. The summed E-state index contributed by atoms with van der Waals surface area (Å²) in [4.78, 5) is 4.19. The van der Waals surface area contributed by atoms with Crippen molar-refractivity contribution in [3.05, 3.63) is 48.0 Å². The summed E-state index contributed by atoms with van der Waals surface area (Å²) < 4.78 is 14.8. The first kappa shape index (κ1) is 16.5. The molecule has 0 amide bonds. The van der Waals surface area contributed by atoms with Gasteiger partial charge in [-0.25, -0.2) is 14.8 Å². The molecule has 0 aliphatic heterocycles. The number of anilines is 1. The summed E-state index contributed by atoms with van der Waals surface area (Å²) in [7, 11) is 1.92. The zero-order chi connectivity index (χ0) is 15.9. The van der Waals surface area contributed by atoms with Gasteiger partial charge >= 0.3 is 0 Å². The number of unbranched alkanes of at least 4 members (excludes halogenated alkanes) is 1. The van der Waals surface area contributed by atoms with Crippen molar-refractivity contribution in [1.29, 1.82) is 0 Å². The average molecular weight is 320 g/mol. The molecule has 4 nitrogen and oxygen atoms in total. The molecule has 0 aliphatic carbocycles. The molecule has 1 aromatic heterocycles. The van der Waals surface area contributed by atoms with Crippen molar-refractivity contribution in [2.24, 2.45) is 0 Å². The lowest BCUT2D eigenvalue weighted by Gasteiger charge is -2.15. The molecule has 0 radical (unpaired) electrons. The van der Waals surface area contributed by atoms with E-state index in [-0.39, 0.29) is 5.82 Å². The number of thiazole rings is 1. The molecule has 0 atom stereocenters. The van der Waals surface area contributed by atoms with Gasteiger partial charge in [-0.15, -0.1) is 11.3 Å². The Morgan fingerprint density at radius 1 is 1.50 bits per heavy atom. The van der Waals surface area contributed by atoms with E-state index in [4.69, 9.17) is 0 Å².